The van der Waals surface area contributed by atoms with E-state index in [0.717, 1.165) is 19.4 Å². The lowest BCUT2D eigenvalue weighted by Crippen LogP contribution is -2.22. The Hall–Kier alpha value is -0.940. The summed E-state index contributed by atoms with van der Waals surface area (Å²) in [7, 11) is 0. The van der Waals surface area contributed by atoms with Crippen LogP contribution in [0.25, 0.3) is 0 Å². The van der Waals surface area contributed by atoms with E-state index in [9.17, 15) is 5.11 Å². The first-order chi connectivity index (χ1) is 8.07. The topological polar surface area (TPSA) is 68.4 Å². The fourth-order valence-corrected chi connectivity index (χ4v) is 2.11. The van der Waals surface area contributed by atoms with Gasteiger partial charge >= 0.3 is 0 Å². The van der Waals surface area contributed by atoms with Crippen molar-refractivity contribution < 1.29 is 14.4 Å². The van der Waals surface area contributed by atoms with Crippen LogP contribution in [0.5, 0.6) is 0 Å². The van der Waals surface area contributed by atoms with Crippen LogP contribution < -0.4 is 0 Å². The normalized spacial score (nSPS) is 28.2. The van der Waals surface area contributed by atoms with Gasteiger partial charge in [0.15, 0.2) is 0 Å². The third-order valence-corrected chi connectivity index (χ3v) is 3.52. The van der Waals surface area contributed by atoms with Crippen molar-refractivity contribution in [3.8, 4) is 0 Å². The van der Waals surface area contributed by atoms with Crippen molar-refractivity contribution in [2.24, 2.45) is 0 Å². The van der Waals surface area contributed by atoms with Gasteiger partial charge in [-0.15, -0.1) is 0 Å². The summed E-state index contributed by atoms with van der Waals surface area (Å²) < 4.78 is 10.9. The summed E-state index contributed by atoms with van der Waals surface area (Å²) in [5.74, 6) is 0.956. The minimum atomic E-state index is -0.444. The number of hydrogen-bond acceptors (Lipinski definition) is 5. The maximum absolute atomic E-state index is 9.76. The molecule has 0 amide bonds. The molecule has 0 saturated carbocycles. The average Bonchev–Trinajstić information content (AvgIpc) is 2.96. The van der Waals surface area contributed by atoms with Crippen LogP contribution in [-0.2, 0) is 10.3 Å². The zero-order valence-electron chi connectivity index (χ0n) is 10.6. The van der Waals surface area contributed by atoms with E-state index in [1.54, 1.807) is 0 Å². The Morgan fingerprint density at radius 2 is 2.29 bits per heavy atom. The number of aromatic nitrogens is 2. The Balaban J connectivity index is 2.15. The summed E-state index contributed by atoms with van der Waals surface area (Å²) in [5.41, 5.74) is -0.418. The van der Waals surface area contributed by atoms with E-state index in [-0.39, 0.29) is 5.92 Å². The van der Waals surface area contributed by atoms with Crippen LogP contribution in [0.4, 0.5) is 0 Å². The quantitative estimate of drug-likeness (QED) is 0.871. The lowest BCUT2D eigenvalue weighted by molar-refractivity contribution is 0.00768. The summed E-state index contributed by atoms with van der Waals surface area (Å²) in [6.07, 6.45) is 2.16. The zero-order chi connectivity index (χ0) is 12.5. The van der Waals surface area contributed by atoms with E-state index in [0.29, 0.717) is 18.1 Å². The van der Waals surface area contributed by atoms with E-state index in [1.807, 2.05) is 20.8 Å². The highest BCUT2D eigenvalue weighted by Gasteiger charge is 2.37. The van der Waals surface area contributed by atoms with Crippen molar-refractivity contribution in [2.45, 2.75) is 57.7 Å². The fraction of sp³-hybridized carbons (Fsp3) is 0.833. The molecule has 1 fully saturated rings. The molecule has 3 atom stereocenters. The molecule has 0 aliphatic carbocycles. The standard InChI is InChI=1S/C12H20N2O3/c1-4-9(15)8(2)10-13-11(14-17-10)12(3)6-5-7-16-12/h8-9,15H,4-7H2,1-3H3. The molecule has 17 heavy (non-hydrogen) atoms. The highest BCUT2D eigenvalue weighted by molar-refractivity contribution is 5.04. The van der Waals surface area contributed by atoms with Gasteiger partial charge in [-0.25, -0.2) is 0 Å². The molecule has 1 aliphatic rings. The van der Waals surface area contributed by atoms with Crippen molar-refractivity contribution in [3.05, 3.63) is 11.7 Å². The van der Waals surface area contributed by atoms with Gasteiger partial charge < -0.3 is 14.4 Å². The summed E-state index contributed by atoms with van der Waals surface area (Å²) in [6, 6.07) is 0. The molecule has 1 saturated heterocycles. The molecule has 5 heteroatoms. The van der Waals surface area contributed by atoms with Crippen molar-refractivity contribution in [1.29, 1.82) is 0 Å². The Kier molecular flexibility index (Phi) is 3.49. The number of ether oxygens (including phenoxy) is 1. The number of nitrogens with zero attached hydrogens (tertiary/aromatic N) is 2. The Bertz CT molecular complexity index is 372. The maximum Gasteiger partial charge on any atom is 0.232 e. The smallest absolute Gasteiger partial charge is 0.232 e. The van der Waals surface area contributed by atoms with Crippen molar-refractivity contribution >= 4 is 0 Å². The number of rotatable bonds is 4. The first-order valence-corrected chi connectivity index (χ1v) is 6.23. The van der Waals surface area contributed by atoms with E-state index in [4.69, 9.17) is 9.26 Å². The van der Waals surface area contributed by atoms with Crippen LogP contribution in [0.2, 0.25) is 0 Å². The lowest BCUT2D eigenvalue weighted by Gasteiger charge is -2.17. The second-order valence-corrected chi connectivity index (χ2v) is 4.90. The monoisotopic (exact) mass is 240 g/mol. The van der Waals surface area contributed by atoms with Gasteiger partial charge in [-0.1, -0.05) is 19.0 Å². The molecule has 3 unspecified atom stereocenters. The van der Waals surface area contributed by atoms with Crippen LogP contribution >= 0.6 is 0 Å². The molecule has 1 aromatic rings. The Morgan fingerprint density at radius 1 is 1.53 bits per heavy atom. The molecule has 0 spiro atoms. The molecular formula is C12H20N2O3. The summed E-state index contributed by atoms with van der Waals surface area (Å²) in [6.45, 7) is 6.55. The number of aliphatic hydroxyl groups excluding tert-OH is 1. The van der Waals surface area contributed by atoms with E-state index in [1.165, 1.54) is 0 Å². The second kappa shape index (κ2) is 4.74. The summed E-state index contributed by atoms with van der Waals surface area (Å²) >= 11 is 0. The van der Waals surface area contributed by atoms with Crippen molar-refractivity contribution in [1.82, 2.24) is 10.1 Å². The minimum absolute atomic E-state index is 0.133. The van der Waals surface area contributed by atoms with Crippen LogP contribution in [0.1, 0.15) is 57.7 Å². The average molecular weight is 240 g/mol. The summed E-state index contributed by atoms with van der Waals surface area (Å²) in [4.78, 5) is 4.37. The third-order valence-electron chi connectivity index (χ3n) is 3.52. The van der Waals surface area contributed by atoms with Gasteiger partial charge in [-0.3, -0.25) is 0 Å². The van der Waals surface area contributed by atoms with E-state index in [2.05, 4.69) is 10.1 Å². The molecule has 5 nitrogen and oxygen atoms in total. The van der Waals surface area contributed by atoms with Crippen LogP contribution in [0, 0.1) is 0 Å². The molecule has 0 radical (unpaired) electrons. The molecule has 1 aromatic heterocycles. The SMILES string of the molecule is CCC(O)C(C)c1nc(C2(C)CCCO2)no1. The molecule has 1 N–H and O–H groups in total. The van der Waals surface area contributed by atoms with Crippen LogP contribution in [-0.4, -0.2) is 28.0 Å². The predicted molar refractivity (Wildman–Crippen MR) is 61.5 cm³/mol. The van der Waals surface area contributed by atoms with Gasteiger partial charge in [0, 0.05) is 6.61 Å². The number of aliphatic hydroxyl groups is 1. The van der Waals surface area contributed by atoms with Crippen molar-refractivity contribution in [2.75, 3.05) is 6.61 Å². The van der Waals surface area contributed by atoms with Crippen LogP contribution in [0.15, 0.2) is 4.52 Å². The maximum atomic E-state index is 9.76. The van der Waals surface area contributed by atoms with Crippen LogP contribution in [0.3, 0.4) is 0 Å². The van der Waals surface area contributed by atoms with Gasteiger partial charge in [0.2, 0.25) is 11.7 Å². The molecular weight excluding hydrogens is 220 g/mol. The molecule has 2 heterocycles. The van der Waals surface area contributed by atoms with E-state index < -0.39 is 11.7 Å². The first kappa shape index (κ1) is 12.5. The van der Waals surface area contributed by atoms with Gasteiger partial charge in [-0.2, -0.15) is 4.98 Å². The Labute approximate surface area is 101 Å². The van der Waals surface area contributed by atoms with E-state index >= 15 is 0 Å². The number of hydrogen-bond donors (Lipinski definition) is 1. The van der Waals surface area contributed by atoms with Gasteiger partial charge in [-0.05, 0) is 26.2 Å². The summed E-state index contributed by atoms with van der Waals surface area (Å²) in [5, 5.41) is 13.7. The zero-order valence-corrected chi connectivity index (χ0v) is 10.6. The van der Waals surface area contributed by atoms with Gasteiger partial charge in [0.05, 0.1) is 12.0 Å². The van der Waals surface area contributed by atoms with Gasteiger partial charge in [0.1, 0.15) is 5.60 Å². The first-order valence-electron chi connectivity index (χ1n) is 6.23. The second-order valence-electron chi connectivity index (χ2n) is 4.90. The third kappa shape index (κ3) is 2.35. The largest absolute Gasteiger partial charge is 0.392 e. The molecule has 0 bridgehead atoms. The van der Waals surface area contributed by atoms with Gasteiger partial charge in [0.25, 0.3) is 0 Å². The molecule has 1 aliphatic heterocycles. The predicted octanol–water partition coefficient (Wildman–Crippen LogP) is 1.97. The lowest BCUT2D eigenvalue weighted by atomic mass is 10.0. The highest BCUT2D eigenvalue weighted by atomic mass is 16.5. The molecule has 2 rings (SSSR count). The Morgan fingerprint density at radius 3 is 2.88 bits per heavy atom. The van der Waals surface area contributed by atoms with Crippen molar-refractivity contribution in [3.63, 3.8) is 0 Å². The minimum Gasteiger partial charge on any atom is -0.392 e. The molecule has 0 aromatic carbocycles. The molecule has 96 valence electrons. The highest BCUT2D eigenvalue weighted by Crippen LogP contribution is 2.34. The fourth-order valence-electron chi connectivity index (χ4n) is 2.11.